The number of carbonyl (C=O) groups is 3. The maximum Gasteiger partial charge on any atom is 0.326 e. The minimum absolute atomic E-state index is 0.0394. The Bertz CT molecular complexity index is 376. The number of hydrogen-bond donors (Lipinski definition) is 3. The molecule has 0 spiro atoms. The van der Waals surface area contributed by atoms with Gasteiger partial charge < -0.3 is 20.6 Å². The van der Waals surface area contributed by atoms with Crippen molar-refractivity contribution in [3.8, 4) is 0 Å². The van der Waals surface area contributed by atoms with Crippen molar-refractivity contribution in [3.05, 3.63) is 0 Å². The molecule has 0 saturated carbocycles. The molecule has 7 heteroatoms. The fraction of sp³-hybridized carbons (Fsp3) is 0.750. The maximum absolute atomic E-state index is 12.0. The first-order chi connectivity index (χ1) is 8.71. The van der Waals surface area contributed by atoms with Crippen molar-refractivity contribution in [1.82, 2.24) is 15.5 Å². The summed E-state index contributed by atoms with van der Waals surface area (Å²) in [6.45, 7) is 6.14. The van der Waals surface area contributed by atoms with Gasteiger partial charge in [-0.15, -0.1) is 0 Å². The predicted molar refractivity (Wildman–Crippen MR) is 68.6 cm³/mol. The monoisotopic (exact) mass is 271 g/mol. The fourth-order valence-corrected chi connectivity index (χ4v) is 1.84. The molecule has 108 valence electrons. The zero-order chi connectivity index (χ0) is 14.6. The van der Waals surface area contributed by atoms with Crippen LogP contribution in [0.25, 0.3) is 0 Å². The lowest BCUT2D eigenvalue weighted by Crippen LogP contribution is -2.54. The number of carboxylic acid groups (broad SMARTS) is 1. The lowest BCUT2D eigenvalue weighted by molar-refractivity contribution is -0.142. The molecule has 0 radical (unpaired) electrons. The molecule has 0 bridgehead atoms. The Kier molecular flexibility index (Phi) is 4.74. The van der Waals surface area contributed by atoms with Crippen LogP contribution in [0.3, 0.4) is 0 Å². The smallest absolute Gasteiger partial charge is 0.326 e. The first kappa shape index (κ1) is 15.3. The zero-order valence-electron chi connectivity index (χ0n) is 11.5. The number of amides is 3. The summed E-state index contributed by atoms with van der Waals surface area (Å²) < 4.78 is 0. The van der Waals surface area contributed by atoms with E-state index in [1.165, 1.54) is 4.90 Å². The van der Waals surface area contributed by atoms with Gasteiger partial charge in [0.05, 0.1) is 0 Å². The van der Waals surface area contributed by atoms with Gasteiger partial charge in [0.1, 0.15) is 12.6 Å². The highest BCUT2D eigenvalue weighted by Gasteiger charge is 2.34. The van der Waals surface area contributed by atoms with E-state index < -0.39 is 23.5 Å². The number of nitrogens with zero attached hydrogens (tertiary/aromatic N) is 1. The van der Waals surface area contributed by atoms with Crippen molar-refractivity contribution >= 4 is 17.9 Å². The summed E-state index contributed by atoms with van der Waals surface area (Å²) in [5.74, 6) is -1.31. The molecule has 7 nitrogen and oxygen atoms in total. The van der Waals surface area contributed by atoms with Crippen LogP contribution in [0.1, 0.15) is 27.2 Å². The van der Waals surface area contributed by atoms with E-state index in [9.17, 15) is 14.4 Å². The summed E-state index contributed by atoms with van der Waals surface area (Å²) in [5, 5.41) is 14.3. The van der Waals surface area contributed by atoms with Gasteiger partial charge in [-0.1, -0.05) is 20.8 Å². The summed E-state index contributed by atoms with van der Waals surface area (Å²) in [5.41, 5.74) is -0.602. The highest BCUT2D eigenvalue weighted by molar-refractivity contribution is 5.87. The molecule has 0 aromatic carbocycles. The minimum Gasteiger partial charge on any atom is -0.480 e. The molecule has 1 heterocycles. The molecule has 3 amide bonds. The number of hydrogen-bond acceptors (Lipinski definition) is 3. The summed E-state index contributed by atoms with van der Waals surface area (Å²) in [6, 6.07) is -1.51. The molecular formula is C12H21N3O4. The molecule has 19 heavy (non-hydrogen) atoms. The van der Waals surface area contributed by atoms with E-state index in [4.69, 9.17) is 5.11 Å². The third kappa shape index (κ3) is 4.42. The van der Waals surface area contributed by atoms with Crippen LogP contribution in [0.4, 0.5) is 4.79 Å². The Labute approximate surface area is 112 Å². The second-order valence-electron chi connectivity index (χ2n) is 5.71. The standard InChI is InChI=1S/C12H21N3O4/c1-12(2,3)9(10(17)18)14-11(19)15-6-4-5-13-8(16)7-15/h9H,4-7H2,1-3H3,(H,13,16)(H,14,19)(H,17,18). The molecule has 1 atom stereocenters. The van der Waals surface area contributed by atoms with Crippen molar-refractivity contribution in [1.29, 1.82) is 0 Å². The van der Waals surface area contributed by atoms with Crippen molar-refractivity contribution in [2.24, 2.45) is 5.41 Å². The summed E-state index contributed by atoms with van der Waals surface area (Å²) in [4.78, 5) is 35.9. The van der Waals surface area contributed by atoms with Crippen LogP contribution in [0.2, 0.25) is 0 Å². The van der Waals surface area contributed by atoms with Crippen LogP contribution in [0, 0.1) is 5.41 Å². The van der Waals surface area contributed by atoms with Gasteiger partial charge in [-0.3, -0.25) is 4.79 Å². The van der Waals surface area contributed by atoms with Gasteiger partial charge in [0.25, 0.3) is 0 Å². The van der Waals surface area contributed by atoms with E-state index in [2.05, 4.69) is 10.6 Å². The average Bonchev–Trinajstić information content (AvgIpc) is 2.48. The van der Waals surface area contributed by atoms with Crippen LogP contribution < -0.4 is 10.6 Å². The molecule has 0 aliphatic carbocycles. The van der Waals surface area contributed by atoms with Gasteiger partial charge in [-0.05, 0) is 11.8 Å². The first-order valence-electron chi connectivity index (χ1n) is 6.27. The lowest BCUT2D eigenvalue weighted by Gasteiger charge is -2.30. The fourth-order valence-electron chi connectivity index (χ4n) is 1.84. The molecule has 1 aliphatic rings. The van der Waals surface area contributed by atoms with Crippen LogP contribution in [-0.2, 0) is 9.59 Å². The predicted octanol–water partition coefficient (Wildman–Crippen LogP) is 0.0172. The molecule has 1 aliphatic heterocycles. The quantitative estimate of drug-likeness (QED) is 0.659. The summed E-state index contributed by atoms with van der Waals surface area (Å²) in [6.07, 6.45) is 0.659. The molecule has 1 fully saturated rings. The third-order valence-electron chi connectivity index (χ3n) is 2.93. The number of urea groups is 1. The maximum atomic E-state index is 12.0. The zero-order valence-corrected chi connectivity index (χ0v) is 11.5. The van der Waals surface area contributed by atoms with Gasteiger partial charge in [0.2, 0.25) is 5.91 Å². The van der Waals surface area contributed by atoms with E-state index in [-0.39, 0.29) is 12.5 Å². The van der Waals surface area contributed by atoms with E-state index >= 15 is 0 Å². The molecule has 1 unspecified atom stereocenters. The van der Waals surface area contributed by atoms with Gasteiger partial charge in [0.15, 0.2) is 0 Å². The van der Waals surface area contributed by atoms with Crippen molar-refractivity contribution in [2.75, 3.05) is 19.6 Å². The Hall–Kier alpha value is -1.79. The molecule has 0 aromatic heterocycles. The Morgan fingerprint density at radius 1 is 1.42 bits per heavy atom. The Balaban J connectivity index is 2.71. The SMILES string of the molecule is CC(C)(C)C(NC(=O)N1CCCNC(=O)C1)C(=O)O. The highest BCUT2D eigenvalue weighted by atomic mass is 16.4. The third-order valence-corrected chi connectivity index (χ3v) is 2.93. The number of rotatable bonds is 2. The Morgan fingerprint density at radius 3 is 2.58 bits per heavy atom. The topological polar surface area (TPSA) is 98.7 Å². The highest BCUT2D eigenvalue weighted by Crippen LogP contribution is 2.19. The summed E-state index contributed by atoms with van der Waals surface area (Å²) >= 11 is 0. The van der Waals surface area contributed by atoms with E-state index in [1.54, 1.807) is 20.8 Å². The summed E-state index contributed by atoms with van der Waals surface area (Å²) in [7, 11) is 0. The molecule has 0 aromatic rings. The van der Waals surface area contributed by atoms with Gasteiger partial charge in [-0.2, -0.15) is 0 Å². The van der Waals surface area contributed by atoms with Crippen molar-refractivity contribution in [2.45, 2.75) is 33.2 Å². The van der Waals surface area contributed by atoms with Crippen LogP contribution in [-0.4, -0.2) is 53.6 Å². The first-order valence-corrected chi connectivity index (χ1v) is 6.27. The van der Waals surface area contributed by atoms with E-state index in [0.717, 1.165) is 0 Å². The number of carbonyl (C=O) groups excluding carboxylic acids is 2. The normalized spacial score (nSPS) is 18.3. The second kappa shape index (κ2) is 5.90. The van der Waals surface area contributed by atoms with Crippen LogP contribution in [0.5, 0.6) is 0 Å². The van der Waals surface area contributed by atoms with Crippen molar-refractivity contribution < 1.29 is 19.5 Å². The van der Waals surface area contributed by atoms with Gasteiger partial charge in [-0.25, -0.2) is 9.59 Å². The van der Waals surface area contributed by atoms with Gasteiger partial charge >= 0.3 is 12.0 Å². The second-order valence-corrected chi connectivity index (χ2v) is 5.71. The van der Waals surface area contributed by atoms with Gasteiger partial charge in [0, 0.05) is 13.1 Å². The lowest BCUT2D eigenvalue weighted by atomic mass is 9.87. The largest absolute Gasteiger partial charge is 0.480 e. The molecule has 1 saturated heterocycles. The average molecular weight is 271 g/mol. The molecule has 1 rings (SSSR count). The van der Waals surface area contributed by atoms with Crippen molar-refractivity contribution in [3.63, 3.8) is 0 Å². The molecule has 3 N–H and O–H groups in total. The number of nitrogens with one attached hydrogen (secondary N) is 2. The van der Waals surface area contributed by atoms with Crippen LogP contribution >= 0.6 is 0 Å². The molecular weight excluding hydrogens is 250 g/mol. The minimum atomic E-state index is -1.08. The van der Waals surface area contributed by atoms with E-state index in [0.29, 0.717) is 19.5 Å². The Morgan fingerprint density at radius 2 is 2.05 bits per heavy atom. The van der Waals surface area contributed by atoms with E-state index in [1.807, 2.05) is 0 Å². The number of aliphatic carboxylic acids is 1. The van der Waals surface area contributed by atoms with Crippen LogP contribution in [0.15, 0.2) is 0 Å². The number of carboxylic acids is 1.